The van der Waals surface area contributed by atoms with E-state index in [0.29, 0.717) is 25.3 Å². The maximum absolute atomic E-state index is 13.5. The van der Waals surface area contributed by atoms with E-state index in [1.807, 2.05) is 12.1 Å². The van der Waals surface area contributed by atoms with E-state index in [-0.39, 0.29) is 17.2 Å². The zero-order valence-electron chi connectivity index (χ0n) is 16.8. The van der Waals surface area contributed by atoms with Crippen LogP contribution < -0.4 is 0 Å². The first-order valence-corrected chi connectivity index (χ1v) is 11.4. The average molecular weight is 429 g/mol. The van der Waals surface area contributed by atoms with Gasteiger partial charge in [-0.15, -0.1) is 0 Å². The highest BCUT2D eigenvalue weighted by Gasteiger charge is 2.28. The number of benzene rings is 2. The van der Waals surface area contributed by atoms with Crippen molar-refractivity contribution in [1.29, 1.82) is 0 Å². The topological polar surface area (TPSA) is 77.8 Å². The molecule has 0 unspecified atom stereocenters. The SMILES string of the molecule is CCOC(=O)c1cc2c(CN3CCOCC3)cccc2n1S(=O)(=O)c1ccccc1. The molecular weight excluding hydrogens is 404 g/mol. The number of hydrogen-bond donors (Lipinski definition) is 0. The summed E-state index contributed by atoms with van der Waals surface area (Å²) in [5.41, 5.74) is 1.43. The maximum atomic E-state index is 13.5. The molecule has 1 fully saturated rings. The Morgan fingerprint density at radius 2 is 1.80 bits per heavy atom. The second kappa shape index (κ2) is 8.59. The van der Waals surface area contributed by atoms with Gasteiger partial charge in [0, 0.05) is 25.0 Å². The summed E-state index contributed by atoms with van der Waals surface area (Å²) < 4.78 is 38.6. The van der Waals surface area contributed by atoms with E-state index in [0.717, 1.165) is 28.0 Å². The number of nitrogens with zero attached hydrogens (tertiary/aromatic N) is 2. The monoisotopic (exact) mass is 428 g/mol. The van der Waals surface area contributed by atoms with Gasteiger partial charge >= 0.3 is 5.97 Å². The number of ether oxygens (including phenoxy) is 2. The molecule has 1 aliphatic heterocycles. The molecule has 0 atom stereocenters. The fourth-order valence-corrected chi connectivity index (χ4v) is 5.23. The standard InChI is InChI=1S/C22H24N2O5S/c1-2-29-22(25)21-15-19-17(16-23-11-13-28-14-12-23)7-6-10-20(19)24(21)30(26,27)18-8-4-3-5-9-18/h3-10,15H,2,11-14,16H2,1H3. The molecule has 0 radical (unpaired) electrons. The van der Waals surface area contributed by atoms with Crippen LogP contribution in [0.15, 0.2) is 59.5 Å². The molecule has 0 aliphatic carbocycles. The van der Waals surface area contributed by atoms with E-state index in [2.05, 4.69) is 4.90 Å². The predicted molar refractivity (Wildman–Crippen MR) is 113 cm³/mol. The Morgan fingerprint density at radius 1 is 1.07 bits per heavy atom. The highest BCUT2D eigenvalue weighted by Crippen LogP contribution is 2.29. The van der Waals surface area contributed by atoms with Gasteiger partial charge in [0.1, 0.15) is 5.69 Å². The summed E-state index contributed by atoms with van der Waals surface area (Å²) in [7, 11) is -3.98. The van der Waals surface area contributed by atoms with Gasteiger partial charge in [-0.2, -0.15) is 0 Å². The summed E-state index contributed by atoms with van der Waals surface area (Å²) in [5.74, 6) is -0.662. The Morgan fingerprint density at radius 3 is 2.50 bits per heavy atom. The highest BCUT2D eigenvalue weighted by atomic mass is 32.2. The fraction of sp³-hybridized carbons (Fsp3) is 0.318. The van der Waals surface area contributed by atoms with Crippen LogP contribution in [0.5, 0.6) is 0 Å². The predicted octanol–water partition coefficient (Wildman–Crippen LogP) is 2.89. The lowest BCUT2D eigenvalue weighted by atomic mass is 10.1. The molecule has 1 aromatic heterocycles. The largest absolute Gasteiger partial charge is 0.461 e. The third-order valence-corrected chi connectivity index (χ3v) is 6.90. The minimum Gasteiger partial charge on any atom is -0.461 e. The first-order chi connectivity index (χ1) is 14.5. The van der Waals surface area contributed by atoms with Crippen LogP contribution in [-0.2, 0) is 26.0 Å². The molecule has 0 N–H and O–H groups in total. The second-order valence-corrected chi connectivity index (χ2v) is 8.86. The van der Waals surface area contributed by atoms with E-state index in [1.165, 1.54) is 12.1 Å². The molecule has 2 aromatic carbocycles. The van der Waals surface area contributed by atoms with E-state index < -0.39 is 16.0 Å². The van der Waals surface area contributed by atoms with Gasteiger partial charge < -0.3 is 9.47 Å². The number of aromatic nitrogens is 1. The van der Waals surface area contributed by atoms with Crippen LogP contribution in [0.1, 0.15) is 23.0 Å². The van der Waals surface area contributed by atoms with E-state index in [9.17, 15) is 13.2 Å². The Hall–Kier alpha value is -2.68. The van der Waals surface area contributed by atoms with Crippen molar-refractivity contribution in [2.75, 3.05) is 32.9 Å². The third kappa shape index (κ3) is 3.86. The van der Waals surface area contributed by atoms with Crippen molar-refractivity contribution in [2.45, 2.75) is 18.4 Å². The normalized spacial score (nSPS) is 15.4. The number of rotatable bonds is 6. The second-order valence-electron chi connectivity index (χ2n) is 7.07. The molecule has 0 saturated carbocycles. The van der Waals surface area contributed by atoms with Crippen LogP contribution in [0.4, 0.5) is 0 Å². The molecule has 0 spiro atoms. The van der Waals surface area contributed by atoms with Crippen molar-refractivity contribution in [1.82, 2.24) is 8.87 Å². The van der Waals surface area contributed by atoms with Crippen LogP contribution in [0, 0.1) is 0 Å². The molecular formula is C22H24N2O5S. The maximum Gasteiger partial charge on any atom is 0.356 e. The molecule has 3 aromatic rings. The van der Waals surface area contributed by atoms with Crippen molar-refractivity contribution >= 4 is 26.9 Å². The van der Waals surface area contributed by atoms with Crippen molar-refractivity contribution in [2.24, 2.45) is 0 Å². The van der Waals surface area contributed by atoms with Crippen LogP contribution in [0.3, 0.4) is 0 Å². The number of carbonyl (C=O) groups is 1. The molecule has 158 valence electrons. The first-order valence-electron chi connectivity index (χ1n) is 9.93. The molecule has 7 nitrogen and oxygen atoms in total. The molecule has 1 saturated heterocycles. The molecule has 8 heteroatoms. The molecule has 1 aliphatic rings. The van der Waals surface area contributed by atoms with Gasteiger partial charge in [0.2, 0.25) is 0 Å². The Bertz CT molecular complexity index is 1150. The highest BCUT2D eigenvalue weighted by molar-refractivity contribution is 7.90. The van der Waals surface area contributed by atoms with Crippen LogP contribution in [0.2, 0.25) is 0 Å². The number of carbonyl (C=O) groups excluding carboxylic acids is 1. The van der Waals surface area contributed by atoms with Gasteiger partial charge in [-0.05, 0) is 36.8 Å². The lowest BCUT2D eigenvalue weighted by Crippen LogP contribution is -2.35. The third-order valence-electron chi connectivity index (χ3n) is 5.16. The summed E-state index contributed by atoms with van der Waals surface area (Å²) >= 11 is 0. The molecule has 0 bridgehead atoms. The zero-order valence-corrected chi connectivity index (χ0v) is 17.6. The van der Waals surface area contributed by atoms with Gasteiger partial charge in [-0.3, -0.25) is 4.90 Å². The van der Waals surface area contributed by atoms with Crippen molar-refractivity contribution in [3.63, 3.8) is 0 Å². The van der Waals surface area contributed by atoms with Gasteiger partial charge in [-0.1, -0.05) is 30.3 Å². The lowest BCUT2D eigenvalue weighted by Gasteiger charge is -2.26. The smallest absolute Gasteiger partial charge is 0.356 e. The van der Waals surface area contributed by atoms with Gasteiger partial charge in [-0.25, -0.2) is 17.2 Å². The van der Waals surface area contributed by atoms with Crippen molar-refractivity contribution < 1.29 is 22.7 Å². The summed E-state index contributed by atoms with van der Waals surface area (Å²) in [5, 5.41) is 0.728. The minimum absolute atomic E-state index is 0.00475. The average Bonchev–Trinajstić information content (AvgIpc) is 3.17. The zero-order chi connectivity index (χ0) is 21.1. The first kappa shape index (κ1) is 20.6. The molecule has 4 rings (SSSR count). The summed E-state index contributed by atoms with van der Waals surface area (Å²) in [6.45, 7) is 5.47. The number of esters is 1. The van der Waals surface area contributed by atoms with E-state index in [1.54, 1.807) is 37.3 Å². The van der Waals surface area contributed by atoms with Crippen molar-refractivity contribution in [3.05, 3.63) is 65.9 Å². The fourth-order valence-electron chi connectivity index (χ4n) is 3.71. The number of fused-ring (bicyclic) bond motifs is 1. The Labute approximate surface area is 175 Å². The summed E-state index contributed by atoms with van der Waals surface area (Å²) in [4.78, 5) is 15.1. The number of morpholine rings is 1. The lowest BCUT2D eigenvalue weighted by molar-refractivity contribution is 0.0344. The quantitative estimate of drug-likeness (QED) is 0.562. The van der Waals surface area contributed by atoms with Crippen LogP contribution in [0.25, 0.3) is 10.9 Å². The van der Waals surface area contributed by atoms with Crippen molar-refractivity contribution in [3.8, 4) is 0 Å². The van der Waals surface area contributed by atoms with E-state index >= 15 is 0 Å². The molecule has 0 amide bonds. The Balaban J connectivity index is 1.88. The molecule has 2 heterocycles. The minimum atomic E-state index is -3.98. The van der Waals surface area contributed by atoms with Gasteiger partial charge in [0.05, 0.1) is 30.2 Å². The summed E-state index contributed by atoms with van der Waals surface area (Å²) in [6, 6.07) is 15.3. The van der Waals surface area contributed by atoms with Gasteiger partial charge in [0.15, 0.2) is 0 Å². The summed E-state index contributed by atoms with van der Waals surface area (Å²) in [6.07, 6.45) is 0. The van der Waals surface area contributed by atoms with Gasteiger partial charge in [0.25, 0.3) is 10.0 Å². The Kier molecular flexibility index (Phi) is 5.90. The van der Waals surface area contributed by atoms with E-state index in [4.69, 9.17) is 9.47 Å². The molecule has 30 heavy (non-hydrogen) atoms. The van der Waals surface area contributed by atoms with Crippen LogP contribution >= 0.6 is 0 Å². The number of hydrogen-bond acceptors (Lipinski definition) is 6. The van der Waals surface area contributed by atoms with Crippen LogP contribution in [-0.4, -0.2) is 56.2 Å².